The number of carbonyl (C=O) groups excluding carboxylic acids is 1. The van der Waals surface area contributed by atoms with Gasteiger partial charge in [-0.25, -0.2) is 9.07 Å². The van der Waals surface area contributed by atoms with Gasteiger partial charge in [0.15, 0.2) is 11.5 Å². The number of amides is 1. The van der Waals surface area contributed by atoms with Crippen LogP contribution in [0.2, 0.25) is 0 Å². The van der Waals surface area contributed by atoms with E-state index in [9.17, 15) is 19.6 Å². The van der Waals surface area contributed by atoms with Gasteiger partial charge in [0.25, 0.3) is 0 Å². The van der Waals surface area contributed by atoms with Crippen LogP contribution in [-0.4, -0.2) is 51.2 Å². The molecule has 2 aliphatic rings. The SMILES string of the molecule is COc1cc(-c2cn(-c3ccc(C[C@@H](C#N)NC(=O)[C@H]4N[C@@H]5CC[C@H]4C5)c(F)c3)nn2)ccc1O. The maximum Gasteiger partial charge on any atom is 0.238 e. The predicted molar refractivity (Wildman–Crippen MR) is 124 cm³/mol. The number of hydrogen-bond acceptors (Lipinski definition) is 7. The monoisotopic (exact) mass is 476 g/mol. The number of aromatic nitrogens is 3. The summed E-state index contributed by atoms with van der Waals surface area (Å²) in [6.45, 7) is 0. The molecule has 3 aromatic rings. The van der Waals surface area contributed by atoms with Gasteiger partial charge in [-0.1, -0.05) is 11.3 Å². The third-order valence-electron chi connectivity index (χ3n) is 6.81. The summed E-state index contributed by atoms with van der Waals surface area (Å²) in [5.74, 6) is -0.0616. The van der Waals surface area contributed by atoms with Crippen LogP contribution < -0.4 is 15.4 Å². The van der Waals surface area contributed by atoms with Gasteiger partial charge in [-0.2, -0.15) is 5.26 Å². The minimum absolute atomic E-state index is 0.0138. The van der Waals surface area contributed by atoms with E-state index in [1.807, 2.05) is 0 Å². The van der Waals surface area contributed by atoms with Crippen molar-refractivity contribution in [1.29, 1.82) is 5.26 Å². The molecule has 1 aromatic heterocycles. The number of rotatable bonds is 7. The van der Waals surface area contributed by atoms with Crippen molar-refractivity contribution in [3.8, 4) is 34.5 Å². The Labute approximate surface area is 201 Å². The minimum Gasteiger partial charge on any atom is -0.504 e. The summed E-state index contributed by atoms with van der Waals surface area (Å²) in [5, 5.41) is 33.6. The first kappa shape index (κ1) is 22.8. The van der Waals surface area contributed by atoms with Gasteiger partial charge >= 0.3 is 0 Å². The van der Waals surface area contributed by atoms with Gasteiger partial charge < -0.3 is 20.5 Å². The van der Waals surface area contributed by atoms with Gasteiger partial charge in [-0.15, -0.1) is 5.10 Å². The average Bonchev–Trinajstić information content (AvgIpc) is 3.62. The zero-order valence-corrected chi connectivity index (χ0v) is 19.1. The molecular formula is C25H25FN6O3. The average molecular weight is 477 g/mol. The normalized spacial score (nSPS) is 21.5. The quantitative estimate of drug-likeness (QED) is 0.478. The number of hydrogen-bond donors (Lipinski definition) is 3. The molecule has 1 aliphatic heterocycles. The lowest BCUT2D eigenvalue weighted by molar-refractivity contribution is -0.124. The maximum atomic E-state index is 14.9. The number of benzene rings is 2. The molecule has 180 valence electrons. The van der Waals surface area contributed by atoms with Crippen molar-refractivity contribution in [3.05, 3.63) is 54.0 Å². The zero-order chi connectivity index (χ0) is 24.5. The fourth-order valence-corrected chi connectivity index (χ4v) is 4.96. The van der Waals surface area contributed by atoms with Crippen molar-refractivity contribution in [2.45, 2.75) is 43.8 Å². The molecular weight excluding hydrogens is 451 g/mol. The van der Waals surface area contributed by atoms with Crippen LogP contribution >= 0.6 is 0 Å². The number of nitrogens with zero attached hydrogens (tertiary/aromatic N) is 4. The van der Waals surface area contributed by atoms with E-state index >= 15 is 0 Å². The number of phenols is 1. The van der Waals surface area contributed by atoms with Gasteiger partial charge in [0.2, 0.25) is 5.91 Å². The van der Waals surface area contributed by atoms with E-state index in [-0.39, 0.29) is 24.1 Å². The van der Waals surface area contributed by atoms with Gasteiger partial charge in [-0.05, 0) is 61.1 Å². The van der Waals surface area contributed by atoms with E-state index in [0.717, 1.165) is 19.3 Å². The Hall–Kier alpha value is -3.97. The fourth-order valence-electron chi connectivity index (χ4n) is 4.96. The topological polar surface area (TPSA) is 125 Å². The Bertz CT molecular complexity index is 1300. The molecule has 0 spiro atoms. The van der Waals surface area contributed by atoms with E-state index in [1.54, 1.807) is 30.5 Å². The second-order valence-corrected chi connectivity index (χ2v) is 9.02. The van der Waals surface area contributed by atoms with Crippen LogP contribution in [0.15, 0.2) is 42.6 Å². The molecule has 1 saturated carbocycles. The molecule has 10 heteroatoms. The molecule has 35 heavy (non-hydrogen) atoms. The van der Waals surface area contributed by atoms with E-state index < -0.39 is 11.9 Å². The number of ether oxygens (including phenoxy) is 1. The van der Waals surface area contributed by atoms with Crippen LogP contribution in [0.4, 0.5) is 4.39 Å². The summed E-state index contributed by atoms with van der Waals surface area (Å²) in [7, 11) is 1.46. The van der Waals surface area contributed by atoms with Crippen LogP contribution in [0.1, 0.15) is 24.8 Å². The Kier molecular flexibility index (Phi) is 6.09. The van der Waals surface area contributed by atoms with Crippen LogP contribution in [0.3, 0.4) is 0 Å². The van der Waals surface area contributed by atoms with E-state index in [2.05, 4.69) is 27.0 Å². The molecule has 2 fully saturated rings. The Morgan fingerprint density at radius 3 is 2.91 bits per heavy atom. The highest BCUT2D eigenvalue weighted by molar-refractivity contribution is 5.83. The van der Waals surface area contributed by atoms with Crippen LogP contribution in [0.25, 0.3) is 16.9 Å². The van der Waals surface area contributed by atoms with Crippen molar-refractivity contribution >= 4 is 5.91 Å². The number of methoxy groups -OCH3 is 1. The zero-order valence-electron chi connectivity index (χ0n) is 19.1. The number of nitrogens with one attached hydrogen (secondary N) is 2. The first-order valence-electron chi connectivity index (χ1n) is 11.5. The summed E-state index contributed by atoms with van der Waals surface area (Å²) < 4.78 is 21.5. The largest absolute Gasteiger partial charge is 0.504 e. The number of nitriles is 1. The van der Waals surface area contributed by atoms with E-state index in [4.69, 9.17) is 4.74 Å². The molecule has 4 atom stereocenters. The summed E-state index contributed by atoms with van der Waals surface area (Å²) in [6.07, 6.45) is 4.80. The summed E-state index contributed by atoms with van der Waals surface area (Å²) in [6, 6.07) is 10.8. The number of phenolic OH excluding ortho intramolecular Hbond substituents is 1. The first-order chi connectivity index (χ1) is 16.9. The lowest BCUT2D eigenvalue weighted by atomic mass is 9.98. The fraction of sp³-hybridized carbons (Fsp3) is 0.360. The third-order valence-corrected chi connectivity index (χ3v) is 6.81. The van der Waals surface area contributed by atoms with Gasteiger partial charge in [0.05, 0.1) is 31.1 Å². The Morgan fingerprint density at radius 2 is 2.23 bits per heavy atom. The number of halogens is 1. The van der Waals surface area contributed by atoms with Gasteiger partial charge in [0, 0.05) is 18.0 Å². The second-order valence-electron chi connectivity index (χ2n) is 9.02. The third kappa shape index (κ3) is 4.55. The van der Waals surface area contributed by atoms with E-state index in [0.29, 0.717) is 40.2 Å². The maximum absolute atomic E-state index is 14.9. The highest BCUT2D eigenvalue weighted by Crippen LogP contribution is 2.35. The summed E-state index contributed by atoms with van der Waals surface area (Å²) in [4.78, 5) is 12.6. The van der Waals surface area contributed by atoms with Crippen molar-refractivity contribution in [1.82, 2.24) is 25.6 Å². The number of carbonyl (C=O) groups is 1. The Balaban J connectivity index is 1.27. The lowest BCUT2D eigenvalue weighted by Crippen LogP contribution is -2.50. The molecule has 0 unspecified atom stereocenters. The molecule has 0 radical (unpaired) electrons. The molecule has 9 nitrogen and oxygen atoms in total. The molecule has 1 aliphatic carbocycles. The molecule has 1 saturated heterocycles. The minimum atomic E-state index is -0.828. The van der Waals surface area contributed by atoms with Crippen molar-refractivity contribution in [2.75, 3.05) is 7.11 Å². The Morgan fingerprint density at radius 1 is 1.37 bits per heavy atom. The van der Waals surface area contributed by atoms with Crippen LogP contribution in [-0.2, 0) is 11.2 Å². The predicted octanol–water partition coefficient (Wildman–Crippen LogP) is 2.48. The van der Waals surface area contributed by atoms with Gasteiger partial charge in [-0.3, -0.25) is 4.79 Å². The van der Waals surface area contributed by atoms with Crippen LogP contribution in [0, 0.1) is 23.1 Å². The first-order valence-corrected chi connectivity index (χ1v) is 11.5. The number of aromatic hydroxyl groups is 1. The standard InChI is InChI=1S/C25H25FN6O3/c1-35-23-10-15(4-7-22(23)33)21-13-32(31-30-21)19-6-3-14(20(26)11-19)8-18(12-27)29-25(34)24-16-2-5-17(9-16)28-24/h3-4,6-7,10-11,13,16-18,24,28,33H,2,5,8-9H2,1H3,(H,29,34)/t16-,17+,18-,24-/m0/s1. The number of piperidine rings is 1. The molecule has 3 N–H and O–H groups in total. The molecule has 2 bridgehead atoms. The second kappa shape index (κ2) is 9.35. The smallest absolute Gasteiger partial charge is 0.238 e. The van der Waals surface area contributed by atoms with Crippen molar-refractivity contribution < 1.29 is 19.0 Å². The highest BCUT2D eigenvalue weighted by atomic mass is 19.1. The van der Waals surface area contributed by atoms with Gasteiger partial charge in [0.1, 0.15) is 17.6 Å². The van der Waals surface area contributed by atoms with E-state index in [1.165, 1.54) is 23.9 Å². The summed E-state index contributed by atoms with van der Waals surface area (Å²) in [5.41, 5.74) is 1.99. The summed E-state index contributed by atoms with van der Waals surface area (Å²) >= 11 is 0. The van der Waals surface area contributed by atoms with Crippen molar-refractivity contribution in [3.63, 3.8) is 0 Å². The highest BCUT2D eigenvalue weighted by Gasteiger charge is 2.43. The molecule has 2 aromatic carbocycles. The molecule has 1 amide bonds. The van der Waals surface area contributed by atoms with Crippen molar-refractivity contribution in [2.24, 2.45) is 5.92 Å². The number of fused-ring (bicyclic) bond motifs is 2. The molecule has 2 heterocycles. The van der Waals surface area contributed by atoms with Crippen LogP contribution in [0.5, 0.6) is 11.5 Å². The lowest BCUT2D eigenvalue weighted by Gasteiger charge is -2.23. The molecule has 5 rings (SSSR count).